The number of nitrogens with zero attached hydrogens (tertiary/aromatic N) is 2. The maximum Gasteiger partial charge on any atom is 0.225 e. The van der Waals surface area contributed by atoms with Crippen LogP contribution in [0, 0.1) is 11.8 Å². The van der Waals surface area contributed by atoms with Crippen LogP contribution in [0.15, 0.2) is 30.3 Å². The summed E-state index contributed by atoms with van der Waals surface area (Å²) in [6.07, 6.45) is 3.86. The number of ether oxygens (including phenoxy) is 1. The highest BCUT2D eigenvalue weighted by Crippen LogP contribution is 2.23. The van der Waals surface area contributed by atoms with Gasteiger partial charge in [-0.25, -0.2) is 0 Å². The van der Waals surface area contributed by atoms with Crippen molar-refractivity contribution in [1.82, 2.24) is 9.80 Å². The molecule has 0 bridgehead atoms. The van der Waals surface area contributed by atoms with Crippen molar-refractivity contribution in [3.05, 3.63) is 35.9 Å². The second kappa shape index (κ2) is 12.2. The van der Waals surface area contributed by atoms with E-state index >= 15 is 0 Å². The van der Waals surface area contributed by atoms with E-state index in [-0.39, 0.29) is 35.9 Å². The van der Waals surface area contributed by atoms with Crippen LogP contribution in [0.5, 0.6) is 0 Å². The van der Waals surface area contributed by atoms with Gasteiger partial charge in [0.05, 0.1) is 12.5 Å². The number of methoxy groups -OCH3 is 1. The topological polar surface area (TPSA) is 49.9 Å². The maximum absolute atomic E-state index is 13.2. The second-order valence-corrected chi connectivity index (χ2v) is 9.45. The minimum absolute atomic E-state index is 0.0488. The molecule has 2 amide bonds. The van der Waals surface area contributed by atoms with Gasteiger partial charge in [-0.1, -0.05) is 57.5 Å². The molecule has 0 unspecified atom stereocenters. The summed E-state index contributed by atoms with van der Waals surface area (Å²) in [5.41, 5.74) is 1.23. The third kappa shape index (κ3) is 7.34. The Bertz CT molecular complexity index is 693. The standard InChI is InChI=1S/C26H42N2O3/c1-7-19(2)15-24(31-6)18-25(29)27-13-14-28(26(30)20(3)16-21(27)4)22(5)17-23-11-9-8-10-12-23/h8-12,19-22,24H,7,13-18H2,1-6H3/t19-,20+,21-,22+,24-/m1/s1. The number of benzene rings is 1. The molecule has 1 saturated heterocycles. The quantitative estimate of drug-likeness (QED) is 0.578. The number of rotatable bonds is 9. The number of hydrogen-bond donors (Lipinski definition) is 0. The van der Waals surface area contributed by atoms with Gasteiger partial charge in [0.25, 0.3) is 0 Å². The van der Waals surface area contributed by atoms with Crippen molar-refractivity contribution in [2.75, 3.05) is 20.2 Å². The maximum atomic E-state index is 13.2. The zero-order chi connectivity index (χ0) is 23.0. The van der Waals surface area contributed by atoms with Crippen LogP contribution in [0.4, 0.5) is 0 Å². The van der Waals surface area contributed by atoms with Gasteiger partial charge >= 0.3 is 0 Å². The zero-order valence-corrected chi connectivity index (χ0v) is 20.3. The molecule has 5 nitrogen and oxygen atoms in total. The van der Waals surface area contributed by atoms with Crippen LogP contribution >= 0.6 is 0 Å². The molecule has 0 aliphatic carbocycles. The molecule has 31 heavy (non-hydrogen) atoms. The van der Waals surface area contributed by atoms with E-state index in [1.807, 2.05) is 34.9 Å². The van der Waals surface area contributed by atoms with Gasteiger partial charge in [-0.2, -0.15) is 0 Å². The van der Waals surface area contributed by atoms with Gasteiger partial charge in [0.15, 0.2) is 0 Å². The van der Waals surface area contributed by atoms with Crippen LogP contribution in [-0.4, -0.2) is 60.0 Å². The van der Waals surface area contributed by atoms with Gasteiger partial charge in [-0.3, -0.25) is 9.59 Å². The van der Waals surface area contributed by atoms with Crippen molar-refractivity contribution in [2.45, 2.75) is 84.9 Å². The molecule has 5 heteroatoms. The monoisotopic (exact) mass is 430 g/mol. The summed E-state index contributed by atoms with van der Waals surface area (Å²) in [6, 6.07) is 10.4. The normalized spacial score (nSPS) is 23.1. The Labute approximate surface area is 189 Å². The van der Waals surface area contributed by atoms with Crippen LogP contribution in [0.2, 0.25) is 0 Å². The summed E-state index contributed by atoms with van der Waals surface area (Å²) in [4.78, 5) is 30.3. The fraction of sp³-hybridized carbons (Fsp3) is 0.692. The molecule has 0 radical (unpaired) electrons. The summed E-state index contributed by atoms with van der Waals surface area (Å²) in [5.74, 6) is 0.783. The van der Waals surface area contributed by atoms with Crippen molar-refractivity contribution in [3.63, 3.8) is 0 Å². The molecule has 1 aliphatic rings. The van der Waals surface area contributed by atoms with E-state index in [4.69, 9.17) is 4.74 Å². The van der Waals surface area contributed by atoms with E-state index in [2.05, 4.69) is 39.8 Å². The molecule has 0 saturated carbocycles. The fourth-order valence-corrected chi connectivity index (χ4v) is 4.63. The van der Waals surface area contributed by atoms with Gasteiger partial charge in [0.1, 0.15) is 0 Å². The molecule has 2 rings (SSSR count). The molecule has 1 aliphatic heterocycles. The number of carbonyl (C=O) groups is 2. The van der Waals surface area contributed by atoms with Gasteiger partial charge in [0, 0.05) is 38.2 Å². The number of amides is 2. The van der Waals surface area contributed by atoms with E-state index in [9.17, 15) is 9.59 Å². The molecular formula is C26H42N2O3. The molecular weight excluding hydrogens is 388 g/mol. The first-order valence-corrected chi connectivity index (χ1v) is 11.9. The minimum Gasteiger partial charge on any atom is -0.381 e. The number of hydrogen-bond acceptors (Lipinski definition) is 3. The molecule has 0 aromatic heterocycles. The Balaban J connectivity index is 2.08. The smallest absolute Gasteiger partial charge is 0.225 e. The lowest BCUT2D eigenvalue weighted by Gasteiger charge is -2.40. The summed E-state index contributed by atoms with van der Waals surface area (Å²) < 4.78 is 5.63. The van der Waals surface area contributed by atoms with Crippen molar-refractivity contribution >= 4 is 11.8 Å². The summed E-state index contributed by atoms with van der Waals surface area (Å²) in [7, 11) is 1.70. The first-order chi connectivity index (χ1) is 14.8. The summed E-state index contributed by atoms with van der Waals surface area (Å²) in [6.45, 7) is 11.7. The first kappa shape index (κ1) is 25.4. The fourth-order valence-electron chi connectivity index (χ4n) is 4.63. The minimum atomic E-state index is -0.0952. The lowest BCUT2D eigenvalue weighted by atomic mass is 9.95. The Morgan fingerprint density at radius 2 is 1.84 bits per heavy atom. The van der Waals surface area contributed by atoms with Crippen molar-refractivity contribution in [2.24, 2.45) is 11.8 Å². The zero-order valence-electron chi connectivity index (χ0n) is 20.3. The summed E-state index contributed by atoms with van der Waals surface area (Å²) in [5, 5.41) is 0. The highest BCUT2D eigenvalue weighted by Gasteiger charge is 2.33. The van der Waals surface area contributed by atoms with Crippen LogP contribution in [0.3, 0.4) is 0 Å². The van der Waals surface area contributed by atoms with E-state index in [1.165, 1.54) is 5.56 Å². The molecule has 5 atom stereocenters. The van der Waals surface area contributed by atoms with Crippen LogP contribution in [-0.2, 0) is 20.7 Å². The molecule has 0 spiro atoms. The summed E-state index contributed by atoms with van der Waals surface area (Å²) >= 11 is 0. The van der Waals surface area contributed by atoms with Crippen LogP contribution < -0.4 is 0 Å². The third-order valence-electron chi connectivity index (χ3n) is 6.84. The van der Waals surface area contributed by atoms with Crippen LogP contribution in [0.25, 0.3) is 0 Å². The Hall–Kier alpha value is -1.88. The SMILES string of the molecule is CC[C@@H](C)C[C@H](CC(=O)N1CCN([C@@H](C)Cc2ccccc2)C(=O)[C@@H](C)C[C@H]1C)OC. The molecule has 1 aromatic carbocycles. The van der Waals surface area contributed by atoms with E-state index in [0.717, 1.165) is 19.3 Å². The van der Waals surface area contributed by atoms with E-state index in [1.54, 1.807) is 7.11 Å². The molecule has 1 heterocycles. The van der Waals surface area contributed by atoms with Crippen LogP contribution in [0.1, 0.15) is 65.9 Å². The van der Waals surface area contributed by atoms with Crippen molar-refractivity contribution in [3.8, 4) is 0 Å². The van der Waals surface area contributed by atoms with Gasteiger partial charge in [0.2, 0.25) is 11.8 Å². The highest BCUT2D eigenvalue weighted by atomic mass is 16.5. The average Bonchev–Trinajstić information content (AvgIpc) is 2.75. The average molecular weight is 431 g/mol. The largest absolute Gasteiger partial charge is 0.381 e. The molecule has 0 N–H and O–H groups in total. The van der Waals surface area contributed by atoms with Crippen molar-refractivity contribution in [1.29, 1.82) is 0 Å². The first-order valence-electron chi connectivity index (χ1n) is 11.9. The Morgan fingerprint density at radius 1 is 1.16 bits per heavy atom. The van der Waals surface area contributed by atoms with Gasteiger partial charge in [-0.15, -0.1) is 0 Å². The van der Waals surface area contributed by atoms with E-state index in [0.29, 0.717) is 31.8 Å². The highest BCUT2D eigenvalue weighted by molar-refractivity contribution is 5.80. The van der Waals surface area contributed by atoms with Crippen molar-refractivity contribution < 1.29 is 14.3 Å². The molecule has 1 fully saturated rings. The second-order valence-electron chi connectivity index (χ2n) is 9.45. The lowest BCUT2D eigenvalue weighted by Crippen LogP contribution is -2.53. The molecule has 174 valence electrons. The van der Waals surface area contributed by atoms with E-state index < -0.39 is 0 Å². The predicted molar refractivity (Wildman–Crippen MR) is 126 cm³/mol. The predicted octanol–water partition coefficient (Wildman–Crippen LogP) is 4.54. The van der Waals surface area contributed by atoms with Gasteiger partial charge in [-0.05, 0) is 44.6 Å². The Kier molecular flexibility index (Phi) is 10.0. The Morgan fingerprint density at radius 3 is 2.45 bits per heavy atom. The number of carbonyl (C=O) groups excluding carboxylic acids is 2. The lowest BCUT2D eigenvalue weighted by molar-refractivity contribution is -0.145. The molecule has 1 aromatic rings. The van der Waals surface area contributed by atoms with Gasteiger partial charge < -0.3 is 14.5 Å². The third-order valence-corrected chi connectivity index (χ3v) is 6.84.